The van der Waals surface area contributed by atoms with Crippen molar-refractivity contribution in [1.29, 1.82) is 0 Å². The minimum atomic E-state index is -0.374. The molecule has 18 heavy (non-hydrogen) atoms. The molecule has 0 spiro atoms. The molecule has 1 aromatic rings. The number of nitro groups is 1. The van der Waals surface area contributed by atoms with Gasteiger partial charge in [0.1, 0.15) is 0 Å². The van der Waals surface area contributed by atoms with E-state index in [1.54, 1.807) is 19.2 Å². The van der Waals surface area contributed by atoms with E-state index in [4.69, 9.17) is 4.74 Å². The van der Waals surface area contributed by atoms with Crippen molar-refractivity contribution in [2.45, 2.75) is 6.61 Å². The fraction of sp³-hybridized carbons (Fsp3) is 0.500. The van der Waals surface area contributed by atoms with Gasteiger partial charge in [0.05, 0.1) is 11.5 Å². The number of hydrogen-bond acceptors (Lipinski definition) is 5. The minimum Gasteiger partial charge on any atom is -0.380 e. The number of ether oxygens (including phenoxy) is 1. The van der Waals surface area contributed by atoms with Gasteiger partial charge in [-0.15, -0.1) is 0 Å². The Hall–Kier alpha value is -1.66. The number of benzene rings is 1. The van der Waals surface area contributed by atoms with E-state index in [1.165, 1.54) is 0 Å². The van der Waals surface area contributed by atoms with Crippen LogP contribution in [0.4, 0.5) is 11.4 Å². The largest absolute Gasteiger partial charge is 0.380 e. The topological polar surface area (TPSA) is 67.6 Å². The SMILES string of the molecule is COCc1cc([N+](=O)[O-])ccc1N1CCNCC1. The maximum atomic E-state index is 10.8. The molecule has 2 rings (SSSR count). The van der Waals surface area contributed by atoms with Crippen LogP contribution in [0.3, 0.4) is 0 Å². The third-order valence-corrected chi connectivity index (χ3v) is 3.03. The lowest BCUT2D eigenvalue weighted by molar-refractivity contribution is -0.384. The van der Waals surface area contributed by atoms with Crippen molar-refractivity contribution in [3.63, 3.8) is 0 Å². The summed E-state index contributed by atoms with van der Waals surface area (Å²) >= 11 is 0. The highest BCUT2D eigenvalue weighted by Gasteiger charge is 2.17. The Balaban J connectivity index is 2.29. The van der Waals surface area contributed by atoms with Crippen LogP contribution in [0.1, 0.15) is 5.56 Å². The van der Waals surface area contributed by atoms with Crippen LogP contribution < -0.4 is 10.2 Å². The van der Waals surface area contributed by atoms with Gasteiger partial charge in [0, 0.05) is 56.7 Å². The number of piperazine rings is 1. The third-order valence-electron chi connectivity index (χ3n) is 3.03. The first kappa shape index (κ1) is 12.8. The van der Waals surface area contributed by atoms with Crippen molar-refractivity contribution in [3.05, 3.63) is 33.9 Å². The zero-order valence-electron chi connectivity index (χ0n) is 10.4. The summed E-state index contributed by atoms with van der Waals surface area (Å²) in [5.74, 6) is 0. The second kappa shape index (κ2) is 5.79. The van der Waals surface area contributed by atoms with Crippen LogP contribution in [-0.4, -0.2) is 38.2 Å². The molecular weight excluding hydrogens is 234 g/mol. The normalized spacial score (nSPS) is 15.7. The van der Waals surface area contributed by atoms with Gasteiger partial charge in [0.15, 0.2) is 0 Å². The van der Waals surface area contributed by atoms with E-state index in [2.05, 4.69) is 10.2 Å². The van der Waals surface area contributed by atoms with Crippen molar-refractivity contribution < 1.29 is 9.66 Å². The average molecular weight is 251 g/mol. The van der Waals surface area contributed by atoms with E-state index in [1.807, 2.05) is 6.07 Å². The maximum Gasteiger partial charge on any atom is 0.269 e. The molecule has 1 aromatic carbocycles. The summed E-state index contributed by atoms with van der Waals surface area (Å²) in [7, 11) is 1.60. The first-order valence-electron chi connectivity index (χ1n) is 5.94. The summed E-state index contributed by atoms with van der Waals surface area (Å²) in [6.07, 6.45) is 0. The van der Waals surface area contributed by atoms with Crippen LogP contribution in [0.15, 0.2) is 18.2 Å². The first-order chi connectivity index (χ1) is 8.72. The molecule has 0 saturated carbocycles. The second-order valence-electron chi connectivity index (χ2n) is 4.24. The number of methoxy groups -OCH3 is 1. The van der Waals surface area contributed by atoms with Gasteiger partial charge in [-0.05, 0) is 6.07 Å². The highest BCUT2D eigenvalue weighted by Crippen LogP contribution is 2.26. The quantitative estimate of drug-likeness (QED) is 0.642. The van der Waals surface area contributed by atoms with E-state index in [-0.39, 0.29) is 10.6 Å². The van der Waals surface area contributed by atoms with Gasteiger partial charge in [-0.2, -0.15) is 0 Å². The van der Waals surface area contributed by atoms with Crippen LogP contribution >= 0.6 is 0 Å². The van der Waals surface area contributed by atoms with E-state index in [0.717, 1.165) is 37.4 Å². The molecule has 6 heteroatoms. The van der Waals surface area contributed by atoms with Gasteiger partial charge in [0.25, 0.3) is 5.69 Å². The monoisotopic (exact) mass is 251 g/mol. The molecule has 0 aliphatic carbocycles. The Labute approximate surface area is 106 Å². The molecule has 1 aliphatic heterocycles. The predicted molar refractivity (Wildman–Crippen MR) is 68.9 cm³/mol. The van der Waals surface area contributed by atoms with Gasteiger partial charge in [0.2, 0.25) is 0 Å². The van der Waals surface area contributed by atoms with Crippen LogP contribution in [0.2, 0.25) is 0 Å². The van der Waals surface area contributed by atoms with Crippen molar-refractivity contribution in [2.75, 3.05) is 38.2 Å². The highest BCUT2D eigenvalue weighted by molar-refractivity contribution is 5.58. The lowest BCUT2D eigenvalue weighted by Crippen LogP contribution is -2.43. The Bertz CT molecular complexity index is 431. The second-order valence-corrected chi connectivity index (χ2v) is 4.24. The molecule has 0 bridgehead atoms. The Morgan fingerprint density at radius 3 is 2.78 bits per heavy atom. The zero-order valence-corrected chi connectivity index (χ0v) is 10.4. The Morgan fingerprint density at radius 1 is 1.44 bits per heavy atom. The third kappa shape index (κ3) is 2.77. The van der Waals surface area contributed by atoms with E-state index in [0.29, 0.717) is 6.61 Å². The standard InChI is InChI=1S/C12H17N3O3/c1-18-9-10-8-11(15(16)17)2-3-12(10)14-6-4-13-5-7-14/h2-3,8,13H,4-7,9H2,1H3. The Morgan fingerprint density at radius 2 is 2.17 bits per heavy atom. The number of non-ortho nitro benzene ring substituents is 1. The summed E-state index contributed by atoms with van der Waals surface area (Å²) < 4.78 is 5.13. The van der Waals surface area contributed by atoms with Crippen molar-refractivity contribution in [3.8, 4) is 0 Å². The summed E-state index contributed by atoms with van der Waals surface area (Å²) in [5, 5.41) is 14.1. The summed E-state index contributed by atoms with van der Waals surface area (Å²) in [6.45, 7) is 4.08. The van der Waals surface area contributed by atoms with Gasteiger partial charge in [-0.1, -0.05) is 0 Å². The number of anilines is 1. The van der Waals surface area contributed by atoms with E-state index in [9.17, 15) is 10.1 Å². The highest BCUT2D eigenvalue weighted by atomic mass is 16.6. The van der Waals surface area contributed by atoms with Crippen molar-refractivity contribution in [2.24, 2.45) is 0 Å². The molecule has 0 atom stereocenters. The van der Waals surface area contributed by atoms with E-state index >= 15 is 0 Å². The predicted octanol–water partition coefficient (Wildman–Crippen LogP) is 1.15. The molecule has 0 unspecified atom stereocenters. The average Bonchev–Trinajstić information content (AvgIpc) is 2.40. The molecule has 0 radical (unpaired) electrons. The van der Waals surface area contributed by atoms with Crippen molar-refractivity contribution >= 4 is 11.4 Å². The molecule has 6 nitrogen and oxygen atoms in total. The number of rotatable bonds is 4. The number of nitro benzene ring substituents is 1. The van der Waals surface area contributed by atoms with Gasteiger partial charge in [-0.3, -0.25) is 10.1 Å². The molecule has 1 N–H and O–H groups in total. The first-order valence-corrected chi connectivity index (χ1v) is 5.94. The van der Waals surface area contributed by atoms with Crippen LogP contribution in [-0.2, 0) is 11.3 Å². The van der Waals surface area contributed by atoms with Gasteiger partial charge in [-0.25, -0.2) is 0 Å². The molecule has 0 amide bonds. The van der Waals surface area contributed by atoms with Crippen LogP contribution in [0, 0.1) is 10.1 Å². The number of nitrogens with zero attached hydrogens (tertiary/aromatic N) is 2. The fourth-order valence-electron chi connectivity index (χ4n) is 2.17. The summed E-state index contributed by atoms with van der Waals surface area (Å²) in [5.41, 5.74) is 2.01. The molecule has 1 saturated heterocycles. The maximum absolute atomic E-state index is 10.8. The van der Waals surface area contributed by atoms with Crippen molar-refractivity contribution in [1.82, 2.24) is 5.32 Å². The van der Waals surface area contributed by atoms with Gasteiger partial charge < -0.3 is 15.0 Å². The fourth-order valence-corrected chi connectivity index (χ4v) is 2.17. The van der Waals surface area contributed by atoms with Crippen LogP contribution in [0.25, 0.3) is 0 Å². The lowest BCUT2D eigenvalue weighted by atomic mass is 10.1. The lowest BCUT2D eigenvalue weighted by Gasteiger charge is -2.31. The number of nitrogens with one attached hydrogen (secondary N) is 1. The molecule has 98 valence electrons. The molecule has 1 heterocycles. The van der Waals surface area contributed by atoms with Gasteiger partial charge >= 0.3 is 0 Å². The summed E-state index contributed by atoms with van der Waals surface area (Å²) in [4.78, 5) is 12.6. The molecular formula is C12H17N3O3. The molecule has 0 aromatic heterocycles. The Kier molecular flexibility index (Phi) is 4.11. The number of hydrogen-bond donors (Lipinski definition) is 1. The smallest absolute Gasteiger partial charge is 0.269 e. The van der Waals surface area contributed by atoms with E-state index < -0.39 is 0 Å². The molecule has 1 fully saturated rings. The zero-order chi connectivity index (χ0) is 13.0. The molecule has 1 aliphatic rings. The minimum absolute atomic E-state index is 0.112. The van der Waals surface area contributed by atoms with Crippen LogP contribution in [0.5, 0.6) is 0 Å². The summed E-state index contributed by atoms with van der Waals surface area (Å²) in [6, 6.07) is 4.97.